The van der Waals surface area contributed by atoms with Gasteiger partial charge in [-0.1, -0.05) is 60.7 Å². The van der Waals surface area contributed by atoms with Crippen molar-refractivity contribution in [1.29, 1.82) is 0 Å². The van der Waals surface area contributed by atoms with Gasteiger partial charge in [0, 0.05) is 11.1 Å². The highest BCUT2D eigenvalue weighted by Crippen LogP contribution is 2.38. The number of halogens is 2. The van der Waals surface area contributed by atoms with Gasteiger partial charge in [-0.3, -0.25) is 4.79 Å². The molecule has 0 saturated carbocycles. The second-order valence-corrected chi connectivity index (χ2v) is 8.29. The van der Waals surface area contributed by atoms with Crippen LogP contribution in [0.5, 0.6) is 11.5 Å². The zero-order chi connectivity index (χ0) is 24.1. The predicted molar refractivity (Wildman–Crippen MR) is 127 cm³/mol. The predicted octanol–water partition coefficient (Wildman–Crippen LogP) is 6.30. The van der Waals surface area contributed by atoms with Gasteiger partial charge in [0.2, 0.25) is 0 Å². The molecule has 0 heterocycles. The molecule has 4 rings (SSSR count). The molecule has 0 fully saturated rings. The standard InChI is InChI=1S/C29H24F2O3/c30-21-9-5-7-19(15-21)17-25(23-11-1-3-13-27(23)32)29(34)26(24-12-2-4-14-28(24)33)18-20-8-6-10-22(31)16-20/h1-16,25-26,32-33H,17-18H2. The average molecular weight is 459 g/mol. The van der Waals surface area contributed by atoms with Crippen molar-refractivity contribution in [2.24, 2.45) is 0 Å². The molecule has 0 spiro atoms. The Morgan fingerprint density at radius 3 is 1.41 bits per heavy atom. The summed E-state index contributed by atoms with van der Waals surface area (Å²) in [5.74, 6) is -2.83. The SMILES string of the molecule is O=C(C(Cc1cccc(F)c1)c1ccccc1O)C(Cc1cccc(F)c1)c1ccccc1O. The first kappa shape index (κ1) is 23.2. The molecule has 0 amide bonds. The molecular weight excluding hydrogens is 434 g/mol. The van der Waals surface area contributed by atoms with E-state index in [9.17, 15) is 23.8 Å². The van der Waals surface area contributed by atoms with Crippen molar-refractivity contribution in [2.75, 3.05) is 0 Å². The number of aromatic hydroxyl groups is 2. The third-order valence-electron chi connectivity index (χ3n) is 5.97. The summed E-state index contributed by atoms with van der Waals surface area (Å²) in [5.41, 5.74) is 2.03. The first-order chi connectivity index (χ1) is 16.4. The van der Waals surface area contributed by atoms with E-state index in [4.69, 9.17) is 0 Å². The van der Waals surface area contributed by atoms with Gasteiger partial charge in [0.05, 0.1) is 11.8 Å². The van der Waals surface area contributed by atoms with E-state index in [0.717, 1.165) is 0 Å². The van der Waals surface area contributed by atoms with Crippen molar-refractivity contribution in [3.63, 3.8) is 0 Å². The van der Waals surface area contributed by atoms with Crippen LogP contribution in [-0.4, -0.2) is 16.0 Å². The van der Waals surface area contributed by atoms with E-state index < -0.39 is 23.5 Å². The summed E-state index contributed by atoms with van der Waals surface area (Å²) in [6.45, 7) is 0. The maximum Gasteiger partial charge on any atom is 0.148 e. The van der Waals surface area contributed by atoms with Gasteiger partial charge < -0.3 is 10.2 Å². The Morgan fingerprint density at radius 1 is 0.618 bits per heavy atom. The number of hydrogen-bond acceptors (Lipinski definition) is 3. The molecule has 2 unspecified atom stereocenters. The van der Waals surface area contributed by atoms with Crippen molar-refractivity contribution >= 4 is 5.78 Å². The van der Waals surface area contributed by atoms with Gasteiger partial charge in [-0.05, 0) is 60.4 Å². The van der Waals surface area contributed by atoms with Gasteiger partial charge in [0.15, 0.2) is 0 Å². The number of rotatable bonds is 8. The largest absolute Gasteiger partial charge is 0.508 e. The smallest absolute Gasteiger partial charge is 0.148 e. The number of Topliss-reactive ketones (excluding diaryl/α,β-unsaturated/α-hetero) is 1. The van der Waals surface area contributed by atoms with Crippen LogP contribution in [0, 0.1) is 11.6 Å². The molecule has 2 atom stereocenters. The first-order valence-corrected chi connectivity index (χ1v) is 11.0. The average Bonchev–Trinajstić information content (AvgIpc) is 2.82. The molecule has 0 aliphatic heterocycles. The van der Waals surface area contributed by atoms with Crippen LogP contribution in [0.4, 0.5) is 8.78 Å². The van der Waals surface area contributed by atoms with E-state index in [-0.39, 0.29) is 30.1 Å². The number of ketones is 1. The second kappa shape index (κ2) is 10.3. The fourth-order valence-corrected chi connectivity index (χ4v) is 4.33. The lowest BCUT2D eigenvalue weighted by Crippen LogP contribution is -2.24. The zero-order valence-electron chi connectivity index (χ0n) is 18.4. The van der Waals surface area contributed by atoms with Gasteiger partial charge >= 0.3 is 0 Å². The lowest BCUT2D eigenvalue weighted by atomic mass is 9.77. The number of benzene rings is 4. The minimum atomic E-state index is -0.818. The minimum absolute atomic E-state index is 0.0426. The Hall–Kier alpha value is -3.99. The van der Waals surface area contributed by atoms with Gasteiger partial charge in [0.1, 0.15) is 28.9 Å². The van der Waals surface area contributed by atoms with E-state index in [1.807, 2.05) is 0 Å². The van der Waals surface area contributed by atoms with Crippen LogP contribution < -0.4 is 0 Å². The summed E-state index contributed by atoms with van der Waals surface area (Å²) in [6.07, 6.45) is 0.308. The van der Waals surface area contributed by atoms with E-state index in [1.165, 1.54) is 36.4 Å². The number of phenols is 2. The normalized spacial score (nSPS) is 12.8. The maximum absolute atomic E-state index is 14.1. The lowest BCUT2D eigenvalue weighted by molar-refractivity contribution is -0.122. The molecule has 0 saturated heterocycles. The zero-order valence-corrected chi connectivity index (χ0v) is 18.4. The summed E-state index contributed by atoms with van der Waals surface area (Å²) < 4.78 is 27.8. The van der Waals surface area contributed by atoms with Crippen LogP contribution in [0.15, 0.2) is 97.1 Å². The van der Waals surface area contributed by atoms with Crippen molar-refractivity contribution in [3.05, 3.63) is 131 Å². The number of phenolic OH excluding ortho intramolecular Hbond substituents is 2. The Kier molecular flexibility index (Phi) is 7.02. The van der Waals surface area contributed by atoms with Crippen LogP contribution in [-0.2, 0) is 17.6 Å². The van der Waals surface area contributed by atoms with Gasteiger partial charge in [-0.15, -0.1) is 0 Å². The first-order valence-electron chi connectivity index (χ1n) is 11.0. The van der Waals surface area contributed by atoms with Crippen LogP contribution in [0.2, 0.25) is 0 Å². The molecule has 0 aliphatic carbocycles. The Morgan fingerprint density at radius 2 is 1.03 bits per heavy atom. The molecule has 4 aromatic carbocycles. The molecule has 0 radical (unpaired) electrons. The Bertz CT molecular complexity index is 1200. The highest BCUT2D eigenvalue weighted by molar-refractivity contribution is 5.93. The molecule has 4 aromatic rings. The highest BCUT2D eigenvalue weighted by Gasteiger charge is 2.32. The van der Waals surface area contributed by atoms with Crippen LogP contribution >= 0.6 is 0 Å². The van der Waals surface area contributed by atoms with Crippen LogP contribution in [0.1, 0.15) is 34.1 Å². The molecule has 2 N–H and O–H groups in total. The fourth-order valence-electron chi connectivity index (χ4n) is 4.33. The highest BCUT2D eigenvalue weighted by atomic mass is 19.1. The molecule has 3 nitrogen and oxygen atoms in total. The second-order valence-electron chi connectivity index (χ2n) is 8.29. The summed E-state index contributed by atoms with van der Waals surface area (Å²) >= 11 is 0. The third-order valence-corrected chi connectivity index (χ3v) is 5.97. The Labute approximate surface area is 197 Å². The van der Waals surface area contributed by atoms with Crippen LogP contribution in [0.3, 0.4) is 0 Å². The van der Waals surface area contributed by atoms with E-state index in [0.29, 0.717) is 22.3 Å². The van der Waals surface area contributed by atoms with Crippen LogP contribution in [0.25, 0.3) is 0 Å². The summed E-state index contributed by atoms with van der Waals surface area (Å²) in [5, 5.41) is 21.1. The number of carbonyl (C=O) groups excluding carboxylic acids is 1. The topological polar surface area (TPSA) is 57.5 Å². The van der Waals surface area contributed by atoms with E-state index in [1.54, 1.807) is 60.7 Å². The van der Waals surface area contributed by atoms with Crippen molar-refractivity contribution in [1.82, 2.24) is 0 Å². The molecule has 0 aromatic heterocycles. The van der Waals surface area contributed by atoms with E-state index >= 15 is 0 Å². The molecule has 5 heteroatoms. The summed E-state index contributed by atoms with van der Waals surface area (Å²) in [7, 11) is 0. The third kappa shape index (κ3) is 5.31. The number of hydrogen-bond donors (Lipinski definition) is 2. The lowest BCUT2D eigenvalue weighted by Gasteiger charge is -2.25. The number of para-hydroxylation sites is 2. The molecule has 0 aliphatic rings. The van der Waals surface area contributed by atoms with Gasteiger partial charge in [0.25, 0.3) is 0 Å². The molecule has 0 bridgehead atoms. The quantitative estimate of drug-likeness (QED) is 0.326. The van der Waals surface area contributed by atoms with Gasteiger partial charge in [-0.25, -0.2) is 8.78 Å². The summed E-state index contributed by atoms with van der Waals surface area (Å²) in [4.78, 5) is 14.1. The van der Waals surface area contributed by atoms with E-state index in [2.05, 4.69) is 0 Å². The fraction of sp³-hybridized carbons (Fsp3) is 0.138. The maximum atomic E-state index is 14.1. The molecular formula is C29H24F2O3. The van der Waals surface area contributed by atoms with Gasteiger partial charge in [-0.2, -0.15) is 0 Å². The Balaban J connectivity index is 1.80. The summed E-state index contributed by atoms with van der Waals surface area (Å²) in [6, 6.07) is 25.1. The monoisotopic (exact) mass is 458 g/mol. The van der Waals surface area contributed by atoms with Crippen molar-refractivity contribution < 1.29 is 23.8 Å². The van der Waals surface area contributed by atoms with Crippen molar-refractivity contribution in [2.45, 2.75) is 24.7 Å². The molecule has 172 valence electrons. The molecule has 34 heavy (non-hydrogen) atoms. The van der Waals surface area contributed by atoms with Crippen molar-refractivity contribution in [3.8, 4) is 11.5 Å². The minimum Gasteiger partial charge on any atom is -0.508 e. The number of carbonyl (C=O) groups is 1.